The molecule has 1 N–H and O–H groups in total. The lowest BCUT2D eigenvalue weighted by molar-refractivity contribution is -0.488. The minimum absolute atomic E-state index is 0.104. The summed E-state index contributed by atoms with van der Waals surface area (Å²) >= 11 is 0. The summed E-state index contributed by atoms with van der Waals surface area (Å²) in [7, 11) is 0. The topological polar surface area (TPSA) is 29.5 Å². The summed E-state index contributed by atoms with van der Waals surface area (Å²) in [5.41, 5.74) is -11.0. The Balaban J connectivity index is 2.64. The second kappa shape index (κ2) is 6.86. The zero-order valence-corrected chi connectivity index (χ0v) is 17.0. The molecule has 32 heavy (non-hydrogen) atoms. The Morgan fingerprint density at radius 2 is 1.12 bits per heavy atom. The van der Waals surface area contributed by atoms with E-state index in [0.717, 1.165) is 18.2 Å². The fourth-order valence-electron chi connectivity index (χ4n) is 3.33. The Bertz CT molecular complexity index is 842. The molecule has 2 rings (SSSR count). The molecule has 0 bridgehead atoms. The molecule has 1 saturated carbocycles. The first-order valence-corrected chi connectivity index (χ1v) is 8.99. The molecule has 2 nitrogen and oxygen atoms in total. The maximum atomic E-state index is 15.0. The average molecular weight is 488 g/mol. The molecule has 0 radical (unpaired) electrons. The summed E-state index contributed by atoms with van der Waals surface area (Å²) in [6, 6.07) is 4.05. The van der Waals surface area contributed by atoms with Crippen LogP contribution in [0.2, 0.25) is 0 Å². The Labute approximate surface area is 175 Å². The average Bonchev–Trinajstić information content (AvgIpc) is 2.58. The summed E-state index contributed by atoms with van der Waals surface area (Å²) in [6.45, 7) is 5.07. The highest BCUT2D eigenvalue weighted by molar-refractivity contribution is 5.35. The highest BCUT2D eigenvalue weighted by atomic mass is 19.4. The van der Waals surface area contributed by atoms with Crippen molar-refractivity contribution < 1.29 is 58.1 Å². The maximum Gasteiger partial charge on any atom is 0.384 e. The fourth-order valence-corrected chi connectivity index (χ4v) is 3.33. The molecule has 1 atom stereocenters. The molecule has 1 aromatic carbocycles. The van der Waals surface area contributed by atoms with Gasteiger partial charge in [0.05, 0.1) is 5.60 Å². The monoisotopic (exact) mass is 488 g/mol. The molecule has 184 valence electrons. The number of rotatable bonds is 4. The van der Waals surface area contributed by atoms with Gasteiger partial charge >= 0.3 is 29.6 Å². The van der Waals surface area contributed by atoms with Crippen LogP contribution in [0.5, 0.6) is 5.75 Å². The van der Waals surface area contributed by atoms with Crippen molar-refractivity contribution in [3.63, 3.8) is 0 Å². The van der Waals surface area contributed by atoms with Crippen LogP contribution in [0.3, 0.4) is 0 Å². The van der Waals surface area contributed by atoms with E-state index in [4.69, 9.17) is 4.74 Å². The third kappa shape index (κ3) is 3.33. The molecule has 0 heterocycles. The van der Waals surface area contributed by atoms with Gasteiger partial charge in [0.15, 0.2) is 0 Å². The normalized spacial score (nSPS) is 26.8. The molecule has 1 unspecified atom stereocenters. The molecule has 13 heteroatoms. The van der Waals surface area contributed by atoms with Gasteiger partial charge in [0.1, 0.15) is 11.4 Å². The van der Waals surface area contributed by atoms with E-state index in [1.54, 1.807) is 20.8 Å². The van der Waals surface area contributed by atoms with Gasteiger partial charge in [0, 0.05) is 6.42 Å². The Morgan fingerprint density at radius 3 is 1.53 bits per heavy atom. The van der Waals surface area contributed by atoms with Gasteiger partial charge in [-0.3, -0.25) is 0 Å². The second-order valence-electron chi connectivity index (χ2n) is 8.87. The third-order valence-corrected chi connectivity index (χ3v) is 5.04. The molecule has 1 aliphatic carbocycles. The molecule has 0 aliphatic heterocycles. The van der Waals surface area contributed by atoms with Crippen molar-refractivity contribution in [2.45, 2.75) is 80.6 Å². The van der Waals surface area contributed by atoms with E-state index in [2.05, 4.69) is 0 Å². The van der Waals surface area contributed by atoms with E-state index in [1.807, 2.05) is 0 Å². The number of hydrogen-bond acceptors (Lipinski definition) is 2. The predicted molar refractivity (Wildman–Crippen MR) is 89.6 cm³/mol. The molecular formula is C19H19F11O2. The van der Waals surface area contributed by atoms with Crippen LogP contribution in [-0.4, -0.2) is 46.0 Å². The van der Waals surface area contributed by atoms with Gasteiger partial charge in [-0.2, -0.15) is 43.9 Å². The zero-order valence-electron chi connectivity index (χ0n) is 17.0. The number of halogens is 11. The van der Waals surface area contributed by atoms with E-state index in [-0.39, 0.29) is 5.75 Å². The van der Waals surface area contributed by atoms with Gasteiger partial charge in [-0.15, -0.1) is 0 Å². The van der Waals surface area contributed by atoms with Crippen LogP contribution in [0.1, 0.15) is 39.7 Å². The van der Waals surface area contributed by atoms with Gasteiger partial charge < -0.3 is 9.84 Å². The van der Waals surface area contributed by atoms with Gasteiger partial charge in [-0.25, -0.2) is 4.39 Å². The number of hydrogen-bond donors (Lipinski definition) is 1. The molecule has 0 amide bonds. The first-order chi connectivity index (χ1) is 13.9. The smallest absolute Gasteiger partial charge is 0.384 e. The molecule has 1 aromatic rings. The van der Waals surface area contributed by atoms with E-state index in [0.29, 0.717) is 6.92 Å². The maximum absolute atomic E-state index is 15.0. The summed E-state index contributed by atoms with van der Waals surface area (Å²) < 4.78 is 158. The van der Waals surface area contributed by atoms with Crippen molar-refractivity contribution in [3.8, 4) is 5.75 Å². The molecule has 0 saturated heterocycles. The van der Waals surface area contributed by atoms with Gasteiger partial charge in [0.2, 0.25) is 0 Å². The van der Waals surface area contributed by atoms with E-state index in [9.17, 15) is 49.0 Å². The van der Waals surface area contributed by atoms with Crippen LogP contribution in [-0.2, 0) is 5.60 Å². The Kier molecular flexibility index (Phi) is 5.67. The van der Waals surface area contributed by atoms with Crippen LogP contribution in [0.15, 0.2) is 24.3 Å². The van der Waals surface area contributed by atoms with E-state index >= 15 is 4.39 Å². The lowest BCUT2D eigenvalue weighted by Crippen LogP contribution is -2.84. The van der Waals surface area contributed by atoms with Crippen molar-refractivity contribution in [2.75, 3.05) is 0 Å². The van der Waals surface area contributed by atoms with Crippen LogP contribution >= 0.6 is 0 Å². The van der Waals surface area contributed by atoms with Gasteiger partial charge in [0.25, 0.3) is 5.67 Å². The van der Waals surface area contributed by atoms with Crippen LogP contribution in [0.4, 0.5) is 48.3 Å². The van der Waals surface area contributed by atoms with Gasteiger partial charge in [-0.05, 0) is 45.4 Å². The standard InChI is InChI=1S/C19H19F11O2/c1-12(2,3)32-11-7-5-6-10(8-11)13(4,31)9-14(20)15(21,22)17(25,26)19(29,30)18(27,28)16(14,23)24/h5-8,31H,9H2,1-4H3. The van der Waals surface area contributed by atoms with Crippen molar-refractivity contribution >= 4 is 0 Å². The van der Waals surface area contributed by atoms with Gasteiger partial charge in [-0.1, -0.05) is 12.1 Å². The highest BCUT2D eigenvalue weighted by Crippen LogP contribution is 2.71. The number of benzene rings is 1. The van der Waals surface area contributed by atoms with Crippen LogP contribution in [0.25, 0.3) is 0 Å². The fraction of sp³-hybridized carbons (Fsp3) is 0.684. The highest BCUT2D eigenvalue weighted by Gasteiger charge is 3.01. The predicted octanol–water partition coefficient (Wildman–Crippen LogP) is 6.36. The Hall–Kier alpha value is -1.79. The summed E-state index contributed by atoms with van der Waals surface area (Å²) in [5, 5.41) is 10.4. The minimum Gasteiger partial charge on any atom is -0.488 e. The number of aliphatic hydroxyl groups is 1. The summed E-state index contributed by atoms with van der Waals surface area (Å²) in [5.74, 6) is -35.8. The van der Waals surface area contributed by atoms with E-state index < -0.39 is 58.5 Å². The van der Waals surface area contributed by atoms with Crippen molar-refractivity contribution in [3.05, 3.63) is 29.8 Å². The molecule has 0 aromatic heterocycles. The van der Waals surface area contributed by atoms with Crippen molar-refractivity contribution in [2.24, 2.45) is 0 Å². The van der Waals surface area contributed by atoms with Crippen LogP contribution in [0, 0.1) is 0 Å². The summed E-state index contributed by atoms with van der Waals surface area (Å²) in [4.78, 5) is 0. The van der Waals surface area contributed by atoms with Crippen molar-refractivity contribution in [1.82, 2.24) is 0 Å². The zero-order chi connectivity index (χ0) is 25.4. The van der Waals surface area contributed by atoms with E-state index in [1.165, 1.54) is 6.07 Å². The summed E-state index contributed by atoms with van der Waals surface area (Å²) in [6.07, 6.45) is -2.78. The largest absolute Gasteiger partial charge is 0.488 e. The minimum atomic E-state index is -7.30. The van der Waals surface area contributed by atoms with Crippen molar-refractivity contribution in [1.29, 1.82) is 0 Å². The molecule has 1 fully saturated rings. The first kappa shape index (κ1) is 26.5. The SMILES string of the molecule is CC(C)(C)Oc1cccc(C(C)(O)CC2(F)C(F)(F)C(F)(F)C(F)(F)C(F)(F)C2(F)F)c1. The van der Waals surface area contributed by atoms with Crippen LogP contribution < -0.4 is 4.74 Å². The third-order valence-electron chi connectivity index (χ3n) is 5.04. The lowest BCUT2D eigenvalue weighted by atomic mass is 9.67. The lowest BCUT2D eigenvalue weighted by Gasteiger charge is -2.53. The first-order valence-electron chi connectivity index (χ1n) is 8.99. The number of alkyl halides is 11. The molecule has 1 aliphatic rings. The number of ether oxygens (including phenoxy) is 1. The molecular weight excluding hydrogens is 469 g/mol. The quantitative estimate of drug-likeness (QED) is 0.500. The molecule has 0 spiro atoms. The second-order valence-corrected chi connectivity index (χ2v) is 8.87. The Morgan fingerprint density at radius 1 is 0.719 bits per heavy atom.